The summed E-state index contributed by atoms with van der Waals surface area (Å²) in [7, 11) is 0. The summed E-state index contributed by atoms with van der Waals surface area (Å²) in [5.41, 5.74) is -0.595. The molecule has 0 aromatic heterocycles. The number of piperidine rings is 1. The first kappa shape index (κ1) is 12.2. The maximum absolute atomic E-state index is 12.2. The minimum absolute atomic E-state index is 0.0602. The van der Waals surface area contributed by atoms with Crippen molar-refractivity contribution in [1.29, 1.82) is 0 Å². The molecule has 1 saturated carbocycles. The first-order valence-corrected chi connectivity index (χ1v) is 5.97. The van der Waals surface area contributed by atoms with Gasteiger partial charge in [0.05, 0.1) is 5.41 Å². The third kappa shape index (κ3) is 1.87. The Kier molecular flexibility index (Phi) is 2.42. The summed E-state index contributed by atoms with van der Waals surface area (Å²) in [6.45, 7) is 8.80. The molecular weight excluding hydrogens is 220 g/mol. The number of nitrogens with zero attached hydrogens (tertiary/aromatic N) is 1. The van der Waals surface area contributed by atoms with Crippen LogP contribution < -0.4 is 5.32 Å². The zero-order valence-corrected chi connectivity index (χ0v) is 10.8. The van der Waals surface area contributed by atoms with Gasteiger partial charge in [0, 0.05) is 18.6 Å². The highest BCUT2D eigenvalue weighted by molar-refractivity contribution is 5.87. The van der Waals surface area contributed by atoms with E-state index in [2.05, 4.69) is 5.32 Å². The molecule has 2 fully saturated rings. The molecule has 5 nitrogen and oxygen atoms in total. The Morgan fingerprint density at radius 3 is 2.12 bits per heavy atom. The van der Waals surface area contributed by atoms with Crippen LogP contribution in [0.1, 0.15) is 27.7 Å². The van der Waals surface area contributed by atoms with Gasteiger partial charge in [-0.05, 0) is 32.6 Å². The Morgan fingerprint density at radius 2 is 1.76 bits per heavy atom. The van der Waals surface area contributed by atoms with Crippen molar-refractivity contribution in [2.45, 2.75) is 33.2 Å². The zero-order valence-electron chi connectivity index (χ0n) is 10.8. The first-order valence-electron chi connectivity index (χ1n) is 5.97. The van der Waals surface area contributed by atoms with Gasteiger partial charge in [0.2, 0.25) is 5.91 Å². The monoisotopic (exact) mass is 240 g/mol. The molecule has 2 N–H and O–H groups in total. The lowest BCUT2D eigenvalue weighted by Gasteiger charge is -2.26. The molecule has 96 valence electrons. The molecule has 0 radical (unpaired) electrons. The van der Waals surface area contributed by atoms with E-state index in [1.54, 1.807) is 0 Å². The van der Waals surface area contributed by atoms with E-state index in [1.807, 2.05) is 27.7 Å². The van der Waals surface area contributed by atoms with Crippen LogP contribution in [0.4, 0.5) is 4.79 Å². The highest BCUT2D eigenvalue weighted by atomic mass is 16.4. The van der Waals surface area contributed by atoms with Crippen molar-refractivity contribution in [1.82, 2.24) is 10.2 Å². The molecule has 2 aliphatic rings. The number of amides is 2. The van der Waals surface area contributed by atoms with Crippen LogP contribution in [-0.4, -0.2) is 40.6 Å². The van der Waals surface area contributed by atoms with Gasteiger partial charge >= 0.3 is 6.09 Å². The van der Waals surface area contributed by atoms with Gasteiger partial charge in [-0.25, -0.2) is 4.79 Å². The van der Waals surface area contributed by atoms with Gasteiger partial charge in [-0.1, -0.05) is 6.92 Å². The van der Waals surface area contributed by atoms with Gasteiger partial charge in [0.1, 0.15) is 0 Å². The van der Waals surface area contributed by atoms with Crippen molar-refractivity contribution in [3.8, 4) is 0 Å². The summed E-state index contributed by atoms with van der Waals surface area (Å²) < 4.78 is 0. The zero-order chi connectivity index (χ0) is 13.0. The van der Waals surface area contributed by atoms with Crippen molar-refractivity contribution in [3.05, 3.63) is 0 Å². The molecule has 0 aromatic rings. The Morgan fingerprint density at radius 1 is 1.29 bits per heavy atom. The fourth-order valence-corrected chi connectivity index (χ4v) is 2.85. The Hall–Kier alpha value is -1.26. The minimum atomic E-state index is -0.879. The van der Waals surface area contributed by atoms with E-state index in [0.29, 0.717) is 13.1 Å². The number of carbonyl (C=O) groups is 2. The van der Waals surface area contributed by atoms with Gasteiger partial charge in [-0.3, -0.25) is 4.79 Å². The molecule has 5 heteroatoms. The van der Waals surface area contributed by atoms with Gasteiger partial charge in [-0.2, -0.15) is 0 Å². The first-order chi connectivity index (χ1) is 7.66. The largest absolute Gasteiger partial charge is 0.465 e. The van der Waals surface area contributed by atoms with Crippen molar-refractivity contribution >= 4 is 12.0 Å². The summed E-state index contributed by atoms with van der Waals surface area (Å²) in [5.74, 6) is 0.451. The smallest absolute Gasteiger partial charge is 0.407 e. The van der Waals surface area contributed by atoms with Crippen LogP contribution in [-0.2, 0) is 4.79 Å². The lowest BCUT2D eigenvalue weighted by molar-refractivity contribution is -0.128. The number of likely N-dealkylation sites (tertiary alicyclic amines) is 1. The van der Waals surface area contributed by atoms with Gasteiger partial charge < -0.3 is 15.3 Å². The molecule has 1 aliphatic heterocycles. The van der Waals surface area contributed by atoms with Crippen LogP contribution in [0.5, 0.6) is 0 Å². The molecule has 2 amide bonds. The van der Waals surface area contributed by atoms with E-state index in [9.17, 15) is 9.59 Å². The van der Waals surface area contributed by atoms with Crippen molar-refractivity contribution < 1.29 is 14.7 Å². The summed E-state index contributed by atoms with van der Waals surface area (Å²) in [6, 6.07) is 0. The molecule has 1 unspecified atom stereocenters. The minimum Gasteiger partial charge on any atom is -0.465 e. The molecular formula is C12H20N2O3. The summed E-state index contributed by atoms with van der Waals surface area (Å²) in [4.78, 5) is 24.4. The maximum atomic E-state index is 12.2. The second-order valence-electron chi connectivity index (χ2n) is 6.39. The highest BCUT2D eigenvalue weighted by Crippen LogP contribution is 2.62. The van der Waals surface area contributed by atoms with Gasteiger partial charge in [0.15, 0.2) is 0 Å². The van der Waals surface area contributed by atoms with Crippen molar-refractivity contribution in [2.75, 3.05) is 13.1 Å². The van der Waals surface area contributed by atoms with Crippen molar-refractivity contribution in [3.63, 3.8) is 0 Å². The third-order valence-corrected chi connectivity index (χ3v) is 4.00. The molecule has 1 aliphatic carbocycles. The highest BCUT2D eigenvalue weighted by Gasteiger charge is 2.70. The molecule has 0 bridgehead atoms. The van der Waals surface area contributed by atoms with E-state index in [4.69, 9.17) is 5.11 Å². The number of fused-ring (bicyclic) bond motifs is 1. The average Bonchev–Trinajstić information content (AvgIpc) is 2.60. The van der Waals surface area contributed by atoms with E-state index in [0.717, 1.165) is 0 Å². The van der Waals surface area contributed by atoms with Crippen LogP contribution in [0.3, 0.4) is 0 Å². The van der Waals surface area contributed by atoms with E-state index in [-0.39, 0.29) is 28.7 Å². The number of nitrogens with one attached hydrogen (secondary N) is 1. The Balaban J connectivity index is 1.98. The second kappa shape index (κ2) is 3.37. The summed E-state index contributed by atoms with van der Waals surface area (Å²) >= 11 is 0. The topological polar surface area (TPSA) is 69.6 Å². The number of hydrogen-bond acceptors (Lipinski definition) is 2. The standard InChI is InChI=1S/C12H20N2O3/c1-11(2,3)13-9(15)12(4)7-5-14(10(16)17)6-8(7)12/h7-8H,5-6H2,1-4H3,(H,13,15)(H,16,17)/t7-,8+,12?. The van der Waals surface area contributed by atoms with Gasteiger partial charge in [0.25, 0.3) is 0 Å². The SMILES string of the molecule is CC(C)(C)NC(=O)C1(C)[C@@H]2CN(C(=O)O)C[C@@H]21. The summed E-state index contributed by atoms with van der Waals surface area (Å²) in [6.07, 6.45) is -0.879. The van der Waals surface area contributed by atoms with Crippen LogP contribution in [0.25, 0.3) is 0 Å². The maximum Gasteiger partial charge on any atom is 0.407 e. The molecule has 17 heavy (non-hydrogen) atoms. The lowest BCUT2D eigenvalue weighted by atomic mass is 9.99. The van der Waals surface area contributed by atoms with Crippen molar-refractivity contribution in [2.24, 2.45) is 17.3 Å². The van der Waals surface area contributed by atoms with Crippen LogP contribution >= 0.6 is 0 Å². The lowest BCUT2D eigenvalue weighted by Crippen LogP contribution is -2.46. The number of rotatable bonds is 1. The van der Waals surface area contributed by atoms with Crippen LogP contribution in [0.2, 0.25) is 0 Å². The van der Waals surface area contributed by atoms with E-state index >= 15 is 0 Å². The van der Waals surface area contributed by atoms with E-state index in [1.165, 1.54) is 4.90 Å². The predicted molar refractivity (Wildman–Crippen MR) is 62.6 cm³/mol. The quantitative estimate of drug-likeness (QED) is 0.722. The molecule has 1 saturated heterocycles. The number of carboxylic acid groups (broad SMARTS) is 1. The fraction of sp³-hybridized carbons (Fsp3) is 0.833. The predicted octanol–water partition coefficient (Wildman–Crippen LogP) is 1.15. The molecule has 1 heterocycles. The average molecular weight is 240 g/mol. The number of hydrogen-bond donors (Lipinski definition) is 2. The van der Waals surface area contributed by atoms with Crippen LogP contribution in [0, 0.1) is 17.3 Å². The molecule has 0 spiro atoms. The number of carbonyl (C=O) groups excluding carboxylic acids is 1. The third-order valence-electron chi connectivity index (χ3n) is 4.00. The summed E-state index contributed by atoms with van der Waals surface area (Å²) in [5, 5.41) is 11.9. The fourth-order valence-electron chi connectivity index (χ4n) is 2.85. The normalized spacial score (nSPS) is 35.4. The molecule has 2 rings (SSSR count). The Bertz CT molecular complexity index is 360. The van der Waals surface area contributed by atoms with Crippen LogP contribution in [0.15, 0.2) is 0 Å². The van der Waals surface area contributed by atoms with E-state index < -0.39 is 6.09 Å². The molecule has 3 atom stereocenters. The molecule has 0 aromatic carbocycles. The van der Waals surface area contributed by atoms with Gasteiger partial charge in [-0.15, -0.1) is 0 Å². The second-order valence-corrected chi connectivity index (χ2v) is 6.39. The Labute approximate surface area is 101 Å².